The van der Waals surface area contributed by atoms with E-state index in [0.29, 0.717) is 29.4 Å². The van der Waals surface area contributed by atoms with E-state index < -0.39 is 8.32 Å². The van der Waals surface area contributed by atoms with E-state index in [1.807, 2.05) is 24.3 Å². The first-order valence-corrected chi connectivity index (χ1v) is 16.7. The summed E-state index contributed by atoms with van der Waals surface area (Å²) in [6, 6.07) is 11.2. The molecule has 8 nitrogen and oxygen atoms in total. The molecule has 0 spiro atoms. The van der Waals surface area contributed by atoms with Gasteiger partial charge in [-0.3, -0.25) is 4.79 Å². The fourth-order valence-corrected chi connectivity index (χ4v) is 5.70. The Hall–Kier alpha value is -2.43. The number of hydrogen-bond acceptors (Lipinski definition) is 8. The van der Waals surface area contributed by atoms with Crippen molar-refractivity contribution in [3.63, 3.8) is 0 Å². The number of ether oxygens (including phenoxy) is 6. The van der Waals surface area contributed by atoms with E-state index in [1.165, 1.54) is 0 Å². The van der Waals surface area contributed by atoms with Gasteiger partial charge in [0, 0.05) is 43.9 Å². The van der Waals surface area contributed by atoms with Crippen molar-refractivity contribution in [1.29, 1.82) is 0 Å². The van der Waals surface area contributed by atoms with Crippen LogP contribution in [0.3, 0.4) is 0 Å². The second-order valence-electron chi connectivity index (χ2n) is 11.7. The number of rotatable bonds is 15. The predicted octanol–water partition coefficient (Wildman–Crippen LogP) is 6.92. The Labute approximate surface area is 240 Å². The molecule has 0 radical (unpaired) electrons. The Balaban J connectivity index is 1.99. The number of benzene rings is 2. The van der Waals surface area contributed by atoms with E-state index in [9.17, 15) is 4.79 Å². The largest absolute Gasteiger partial charge is 0.468 e. The minimum Gasteiger partial charge on any atom is -0.468 e. The van der Waals surface area contributed by atoms with Crippen LogP contribution >= 0.6 is 0 Å². The second kappa shape index (κ2) is 14.5. The average Bonchev–Trinajstić information content (AvgIpc) is 3.42. The zero-order chi connectivity index (χ0) is 29.3. The van der Waals surface area contributed by atoms with E-state index in [0.717, 1.165) is 30.4 Å². The van der Waals surface area contributed by atoms with Crippen LogP contribution in [0, 0.1) is 5.92 Å². The van der Waals surface area contributed by atoms with Crippen molar-refractivity contribution in [1.82, 2.24) is 0 Å². The number of ketones is 1. The lowest BCUT2D eigenvalue weighted by Crippen LogP contribution is -2.40. The van der Waals surface area contributed by atoms with Gasteiger partial charge < -0.3 is 32.8 Å². The summed E-state index contributed by atoms with van der Waals surface area (Å²) >= 11 is 0. The molecule has 0 N–H and O–H groups in total. The highest BCUT2D eigenvalue weighted by atomic mass is 28.4. The van der Waals surface area contributed by atoms with Crippen LogP contribution in [-0.2, 0) is 25.2 Å². The molecule has 0 heterocycles. The predicted molar refractivity (Wildman–Crippen MR) is 157 cm³/mol. The molecule has 9 heteroatoms. The van der Waals surface area contributed by atoms with Crippen LogP contribution in [0.15, 0.2) is 36.4 Å². The van der Waals surface area contributed by atoms with Crippen molar-refractivity contribution in [3.05, 3.63) is 53.1 Å². The third-order valence-corrected chi connectivity index (χ3v) is 12.4. The minimum absolute atomic E-state index is 0.0403. The standard InChI is InChI=1S/C31H46O8Si/c1-31(2,3)40(7,8)39-18-23-16-25(37-20-34-5)17-28(30(23)38-21-35-6)26-10-9-11-27(26)29(32)22-12-14-24(15-13-22)36-19-33-4/h12-17,26-27H,9-11,18-21H2,1-8H3/t26-,27+/m1/s1. The fourth-order valence-electron chi connectivity index (χ4n) is 4.75. The van der Waals surface area contributed by atoms with Crippen molar-refractivity contribution in [2.24, 2.45) is 5.92 Å². The van der Waals surface area contributed by atoms with Gasteiger partial charge in [0.05, 0.1) is 6.61 Å². The van der Waals surface area contributed by atoms with E-state index in [4.69, 9.17) is 32.8 Å². The normalized spacial score (nSPS) is 17.6. The van der Waals surface area contributed by atoms with Gasteiger partial charge in [-0.05, 0) is 73.3 Å². The lowest BCUT2D eigenvalue weighted by molar-refractivity contribution is 0.0459. The number of Topliss-reactive ketones (excluding diaryl/α,β-unsaturated/α-hetero) is 1. The van der Waals surface area contributed by atoms with Crippen LogP contribution in [0.5, 0.6) is 17.2 Å². The Bertz CT molecular complexity index is 1090. The molecule has 1 aliphatic carbocycles. The Morgan fingerprint density at radius 3 is 2.05 bits per heavy atom. The van der Waals surface area contributed by atoms with Gasteiger partial charge in [0.25, 0.3) is 0 Å². The molecule has 1 aliphatic rings. The van der Waals surface area contributed by atoms with Crippen LogP contribution < -0.4 is 14.2 Å². The van der Waals surface area contributed by atoms with Crippen molar-refractivity contribution < 1.29 is 37.6 Å². The molecular formula is C31H46O8Si. The highest BCUT2D eigenvalue weighted by Gasteiger charge is 2.39. The maximum absolute atomic E-state index is 13.8. The van der Waals surface area contributed by atoms with Gasteiger partial charge in [-0.2, -0.15) is 0 Å². The SMILES string of the molecule is COCOc1ccc(C(=O)[C@H]2CCC[C@H]2c2cc(OCOC)cc(CO[Si](C)(C)C(C)(C)C)c2OCOC)cc1. The molecule has 2 aromatic rings. The highest BCUT2D eigenvalue weighted by molar-refractivity contribution is 6.74. The highest BCUT2D eigenvalue weighted by Crippen LogP contribution is 2.47. The van der Waals surface area contributed by atoms with E-state index >= 15 is 0 Å². The molecule has 0 bridgehead atoms. The maximum atomic E-state index is 13.8. The second-order valence-corrected chi connectivity index (χ2v) is 16.5. The molecule has 40 heavy (non-hydrogen) atoms. The first kappa shape index (κ1) is 32.1. The molecule has 2 atom stereocenters. The Kier molecular flexibility index (Phi) is 11.6. The Morgan fingerprint density at radius 2 is 1.45 bits per heavy atom. The summed E-state index contributed by atoms with van der Waals surface area (Å²) < 4.78 is 39.7. The number of methoxy groups -OCH3 is 3. The molecule has 0 aliphatic heterocycles. The van der Waals surface area contributed by atoms with Crippen molar-refractivity contribution in [2.75, 3.05) is 41.7 Å². The first-order chi connectivity index (χ1) is 19.0. The van der Waals surface area contributed by atoms with E-state index in [-0.39, 0.29) is 43.0 Å². The Morgan fingerprint density at radius 1 is 0.850 bits per heavy atom. The van der Waals surface area contributed by atoms with Crippen molar-refractivity contribution in [2.45, 2.75) is 70.7 Å². The molecule has 2 aromatic carbocycles. The summed E-state index contributed by atoms with van der Waals surface area (Å²) in [5.74, 6) is 1.90. The number of carbonyl (C=O) groups is 1. The van der Waals surface area contributed by atoms with Gasteiger partial charge in [0.2, 0.25) is 0 Å². The van der Waals surface area contributed by atoms with Gasteiger partial charge in [-0.1, -0.05) is 27.2 Å². The first-order valence-electron chi connectivity index (χ1n) is 13.8. The van der Waals surface area contributed by atoms with Gasteiger partial charge in [0.1, 0.15) is 17.2 Å². The summed E-state index contributed by atoms with van der Waals surface area (Å²) in [4.78, 5) is 13.8. The molecule has 3 rings (SSSR count). The van der Waals surface area contributed by atoms with Gasteiger partial charge in [-0.25, -0.2) is 0 Å². The molecular weight excluding hydrogens is 528 g/mol. The maximum Gasteiger partial charge on any atom is 0.192 e. The average molecular weight is 575 g/mol. The third kappa shape index (κ3) is 8.07. The van der Waals surface area contributed by atoms with E-state index in [1.54, 1.807) is 33.5 Å². The summed E-state index contributed by atoms with van der Waals surface area (Å²) in [6.45, 7) is 11.9. The minimum atomic E-state index is -2.05. The molecule has 222 valence electrons. The molecule has 0 amide bonds. The molecule has 0 aromatic heterocycles. The van der Waals surface area contributed by atoms with Crippen molar-refractivity contribution >= 4 is 14.1 Å². The number of carbonyl (C=O) groups excluding carboxylic acids is 1. The molecule has 0 unspecified atom stereocenters. The van der Waals surface area contributed by atoms with Gasteiger partial charge in [0.15, 0.2) is 34.5 Å². The summed E-state index contributed by atoms with van der Waals surface area (Å²) in [7, 11) is 2.72. The fraction of sp³-hybridized carbons (Fsp3) is 0.581. The topological polar surface area (TPSA) is 81.7 Å². The van der Waals surface area contributed by atoms with Crippen LogP contribution in [0.4, 0.5) is 0 Å². The lowest BCUT2D eigenvalue weighted by atomic mass is 9.82. The zero-order valence-electron chi connectivity index (χ0n) is 25.3. The van der Waals surface area contributed by atoms with E-state index in [2.05, 4.69) is 33.9 Å². The van der Waals surface area contributed by atoms with Gasteiger partial charge >= 0.3 is 0 Å². The summed E-state index contributed by atoms with van der Waals surface area (Å²) in [5.41, 5.74) is 2.48. The molecule has 0 saturated heterocycles. The zero-order valence-corrected chi connectivity index (χ0v) is 26.3. The lowest BCUT2D eigenvalue weighted by Gasteiger charge is -2.36. The monoisotopic (exact) mass is 574 g/mol. The van der Waals surface area contributed by atoms with Gasteiger partial charge in [-0.15, -0.1) is 0 Å². The molecule has 1 saturated carbocycles. The number of hydrogen-bond donors (Lipinski definition) is 0. The smallest absolute Gasteiger partial charge is 0.192 e. The van der Waals surface area contributed by atoms with Crippen molar-refractivity contribution in [3.8, 4) is 17.2 Å². The van der Waals surface area contributed by atoms with Crippen LogP contribution in [0.25, 0.3) is 0 Å². The van der Waals surface area contributed by atoms with Crippen LogP contribution in [-0.4, -0.2) is 55.8 Å². The quantitative estimate of drug-likeness (QED) is 0.129. The third-order valence-electron chi connectivity index (χ3n) is 7.96. The molecule has 1 fully saturated rings. The van der Waals surface area contributed by atoms with Crippen LogP contribution in [0.1, 0.15) is 67.4 Å². The van der Waals surface area contributed by atoms with Crippen LogP contribution in [0.2, 0.25) is 18.1 Å². The summed E-state index contributed by atoms with van der Waals surface area (Å²) in [5, 5.41) is 0.0562. The summed E-state index contributed by atoms with van der Waals surface area (Å²) in [6.07, 6.45) is 2.61.